The quantitative estimate of drug-likeness (QED) is 0.481. The number of nitrogens with one attached hydrogen (secondary N) is 1. The van der Waals surface area contributed by atoms with Crippen molar-refractivity contribution in [2.24, 2.45) is 0 Å². The maximum Gasteiger partial charge on any atom is 0.264 e. The number of carbonyl (C=O) groups is 1. The first-order chi connectivity index (χ1) is 14.5. The van der Waals surface area contributed by atoms with Gasteiger partial charge in [-0.2, -0.15) is 11.8 Å². The van der Waals surface area contributed by atoms with Gasteiger partial charge in [-0.25, -0.2) is 8.42 Å². The van der Waals surface area contributed by atoms with Crippen molar-refractivity contribution >= 4 is 33.4 Å². The highest BCUT2D eigenvalue weighted by atomic mass is 32.2. The average molecular weight is 445 g/mol. The van der Waals surface area contributed by atoms with E-state index in [0.717, 1.165) is 17.1 Å². The molecule has 0 unspecified atom stereocenters. The van der Waals surface area contributed by atoms with Crippen molar-refractivity contribution in [3.05, 3.63) is 84.3 Å². The second-order valence-corrected chi connectivity index (χ2v) is 9.56. The summed E-state index contributed by atoms with van der Waals surface area (Å²) in [7, 11) is -3.88. The third kappa shape index (κ3) is 5.67. The molecular weight excluding hydrogens is 420 g/mol. The molecule has 0 radical (unpaired) electrons. The maximum atomic E-state index is 13.3. The van der Waals surface area contributed by atoms with Gasteiger partial charge < -0.3 is 9.73 Å². The second kappa shape index (κ2) is 10.4. The molecule has 0 aliphatic heterocycles. The lowest BCUT2D eigenvalue weighted by Crippen LogP contribution is -2.41. The topological polar surface area (TPSA) is 79.6 Å². The molecule has 0 bridgehead atoms. The van der Waals surface area contributed by atoms with Crippen LogP contribution in [-0.4, -0.2) is 33.2 Å². The fourth-order valence-corrected chi connectivity index (χ4v) is 5.14. The van der Waals surface area contributed by atoms with Crippen molar-refractivity contribution in [3.8, 4) is 0 Å². The minimum atomic E-state index is -3.88. The lowest BCUT2D eigenvalue weighted by Gasteiger charge is -2.25. The van der Waals surface area contributed by atoms with E-state index in [1.807, 2.05) is 31.2 Å². The third-order valence-electron chi connectivity index (χ3n) is 4.40. The van der Waals surface area contributed by atoms with E-state index in [1.54, 1.807) is 48.4 Å². The van der Waals surface area contributed by atoms with Gasteiger partial charge in [0.25, 0.3) is 10.0 Å². The van der Waals surface area contributed by atoms with Gasteiger partial charge in [0, 0.05) is 12.3 Å². The number of aryl methyl sites for hydroxylation is 1. The van der Waals surface area contributed by atoms with Crippen LogP contribution in [0.4, 0.5) is 5.69 Å². The molecule has 8 heteroatoms. The monoisotopic (exact) mass is 444 g/mol. The number of amides is 1. The number of nitrogens with zero attached hydrogens (tertiary/aromatic N) is 1. The smallest absolute Gasteiger partial charge is 0.264 e. The van der Waals surface area contributed by atoms with Crippen LogP contribution < -0.4 is 9.62 Å². The van der Waals surface area contributed by atoms with E-state index >= 15 is 0 Å². The number of para-hydroxylation sites is 1. The molecule has 0 saturated carbocycles. The van der Waals surface area contributed by atoms with E-state index in [9.17, 15) is 13.2 Å². The van der Waals surface area contributed by atoms with Gasteiger partial charge in [0.1, 0.15) is 12.3 Å². The maximum absolute atomic E-state index is 13.3. The van der Waals surface area contributed by atoms with E-state index in [4.69, 9.17) is 4.42 Å². The van der Waals surface area contributed by atoms with E-state index in [2.05, 4.69) is 5.32 Å². The predicted octanol–water partition coefficient (Wildman–Crippen LogP) is 3.83. The molecule has 1 amide bonds. The molecule has 0 aliphatic rings. The summed E-state index contributed by atoms with van der Waals surface area (Å²) in [6.45, 7) is 1.98. The summed E-state index contributed by atoms with van der Waals surface area (Å²) in [5, 5.41) is 2.81. The van der Waals surface area contributed by atoms with Gasteiger partial charge in [-0.05, 0) is 42.8 Å². The minimum absolute atomic E-state index is 0.148. The molecule has 6 nitrogen and oxygen atoms in total. The number of rotatable bonds is 10. The average Bonchev–Trinajstić information content (AvgIpc) is 3.26. The van der Waals surface area contributed by atoms with Crippen LogP contribution in [0.3, 0.4) is 0 Å². The highest BCUT2D eigenvalue weighted by molar-refractivity contribution is 7.98. The zero-order valence-corrected chi connectivity index (χ0v) is 18.3. The fourth-order valence-electron chi connectivity index (χ4n) is 2.88. The first kappa shape index (κ1) is 22.0. The third-order valence-corrected chi connectivity index (χ3v) is 7.15. The second-order valence-electron chi connectivity index (χ2n) is 6.59. The van der Waals surface area contributed by atoms with Gasteiger partial charge in [-0.15, -0.1) is 0 Å². The summed E-state index contributed by atoms with van der Waals surface area (Å²) >= 11 is 1.63. The zero-order chi connectivity index (χ0) is 21.4. The van der Waals surface area contributed by atoms with Crippen molar-refractivity contribution in [1.82, 2.24) is 5.32 Å². The van der Waals surface area contributed by atoms with Crippen LogP contribution in [0.5, 0.6) is 0 Å². The van der Waals surface area contributed by atoms with Gasteiger partial charge in [0.15, 0.2) is 0 Å². The first-order valence-electron chi connectivity index (χ1n) is 9.49. The molecule has 3 aromatic rings. The number of hydrogen-bond acceptors (Lipinski definition) is 5. The Bertz CT molecular complexity index is 1050. The first-order valence-corrected chi connectivity index (χ1v) is 12.1. The number of furan rings is 1. The molecule has 30 heavy (non-hydrogen) atoms. The van der Waals surface area contributed by atoms with Gasteiger partial charge in [0.2, 0.25) is 5.91 Å². The molecule has 1 heterocycles. The summed E-state index contributed by atoms with van der Waals surface area (Å²) in [5.74, 6) is 1.95. The predicted molar refractivity (Wildman–Crippen MR) is 120 cm³/mol. The highest BCUT2D eigenvalue weighted by Gasteiger charge is 2.27. The number of hydrogen-bond donors (Lipinski definition) is 1. The van der Waals surface area contributed by atoms with Crippen LogP contribution in [0.15, 0.2) is 82.3 Å². The summed E-state index contributed by atoms with van der Waals surface area (Å²) < 4.78 is 33.0. The van der Waals surface area contributed by atoms with Crippen LogP contribution in [0.25, 0.3) is 0 Å². The van der Waals surface area contributed by atoms with E-state index in [0.29, 0.717) is 18.0 Å². The summed E-state index contributed by atoms with van der Waals surface area (Å²) in [5.41, 5.74) is 1.27. The van der Waals surface area contributed by atoms with Crippen molar-refractivity contribution in [2.45, 2.75) is 17.6 Å². The van der Waals surface area contributed by atoms with Crippen LogP contribution in [0, 0.1) is 6.92 Å². The summed E-state index contributed by atoms with van der Waals surface area (Å²) in [4.78, 5) is 12.7. The van der Waals surface area contributed by atoms with Crippen LogP contribution in [0.2, 0.25) is 0 Å². The molecule has 1 N–H and O–H groups in total. The molecule has 0 fully saturated rings. The van der Waals surface area contributed by atoms with Crippen molar-refractivity contribution in [2.75, 3.05) is 23.1 Å². The fraction of sp³-hybridized carbons (Fsp3) is 0.227. The van der Waals surface area contributed by atoms with Crippen molar-refractivity contribution in [1.29, 1.82) is 0 Å². The van der Waals surface area contributed by atoms with Crippen molar-refractivity contribution < 1.29 is 17.6 Å². The SMILES string of the molecule is Cc1ccccc1N(CC(=O)NCCSCc1ccco1)S(=O)(=O)c1ccccc1. The van der Waals surface area contributed by atoms with Crippen LogP contribution in [0.1, 0.15) is 11.3 Å². The number of benzene rings is 2. The Balaban J connectivity index is 1.67. The molecular formula is C22H24N2O4S2. The van der Waals surface area contributed by atoms with Gasteiger partial charge in [-0.1, -0.05) is 36.4 Å². The van der Waals surface area contributed by atoms with Gasteiger partial charge in [-0.3, -0.25) is 9.10 Å². The van der Waals surface area contributed by atoms with Gasteiger partial charge in [0.05, 0.1) is 22.6 Å². The molecule has 0 atom stereocenters. The largest absolute Gasteiger partial charge is 0.468 e. The molecule has 0 aliphatic carbocycles. The van der Waals surface area contributed by atoms with Crippen LogP contribution in [-0.2, 0) is 20.6 Å². The molecule has 0 spiro atoms. The number of carbonyl (C=O) groups excluding carboxylic acids is 1. The standard InChI is InChI=1S/C22H24N2O4S2/c1-18-8-5-6-12-21(18)24(30(26,27)20-10-3-2-4-11-20)16-22(25)23-13-15-29-17-19-9-7-14-28-19/h2-12,14H,13,15-17H2,1H3,(H,23,25). The Kier molecular flexibility index (Phi) is 7.59. The summed E-state index contributed by atoms with van der Waals surface area (Å²) in [6, 6.07) is 19.0. The Morgan fingerprint density at radius 1 is 1.03 bits per heavy atom. The Morgan fingerprint density at radius 3 is 2.47 bits per heavy atom. The lowest BCUT2D eigenvalue weighted by atomic mass is 10.2. The van der Waals surface area contributed by atoms with Crippen molar-refractivity contribution in [3.63, 3.8) is 0 Å². The molecule has 2 aromatic carbocycles. The minimum Gasteiger partial charge on any atom is -0.468 e. The highest BCUT2D eigenvalue weighted by Crippen LogP contribution is 2.26. The van der Waals surface area contributed by atoms with E-state index < -0.39 is 10.0 Å². The van der Waals surface area contributed by atoms with E-state index in [1.165, 1.54) is 16.4 Å². The van der Waals surface area contributed by atoms with Crippen LogP contribution >= 0.6 is 11.8 Å². The molecule has 3 rings (SSSR count). The number of sulfonamides is 1. The molecule has 1 aromatic heterocycles. The zero-order valence-electron chi connectivity index (χ0n) is 16.7. The van der Waals surface area contributed by atoms with E-state index in [-0.39, 0.29) is 17.3 Å². The Hall–Kier alpha value is -2.71. The number of thioether (sulfide) groups is 1. The summed E-state index contributed by atoms with van der Waals surface area (Å²) in [6.07, 6.45) is 1.63. The number of anilines is 1. The Morgan fingerprint density at radius 2 is 1.77 bits per heavy atom. The lowest BCUT2D eigenvalue weighted by molar-refractivity contribution is -0.119. The Labute approximate surface area is 181 Å². The normalized spacial score (nSPS) is 11.2. The molecule has 0 saturated heterocycles. The molecule has 158 valence electrons. The van der Waals surface area contributed by atoms with Gasteiger partial charge >= 0.3 is 0 Å².